The van der Waals surface area contributed by atoms with E-state index < -0.39 is 13.7 Å². The van der Waals surface area contributed by atoms with Crippen LogP contribution in [-0.2, 0) is 20.1 Å². The van der Waals surface area contributed by atoms with Gasteiger partial charge in [-0.25, -0.2) is 4.99 Å². The summed E-state index contributed by atoms with van der Waals surface area (Å²) in [5, 5.41) is 2.46. The minimum Gasteiger partial charge on any atom is -0.475 e. The van der Waals surface area contributed by atoms with Crippen LogP contribution in [0.2, 0.25) is 0 Å². The summed E-state index contributed by atoms with van der Waals surface area (Å²) in [7, 11) is -1.05. The molecule has 0 N–H and O–H groups in total. The molecule has 1 heterocycles. The number of benzene rings is 3. The van der Waals surface area contributed by atoms with Crippen LogP contribution in [0.4, 0.5) is 0 Å². The Labute approximate surface area is 257 Å². The lowest BCUT2D eigenvalue weighted by atomic mass is 9.79. The molecule has 0 saturated carbocycles. The van der Waals surface area contributed by atoms with Gasteiger partial charge in [0.25, 0.3) is 0 Å². The molecule has 0 fully saturated rings. The highest BCUT2D eigenvalue weighted by atomic mass is 31.1. The van der Waals surface area contributed by atoms with Crippen LogP contribution in [0, 0.1) is 11.8 Å². The molecular weight excluding hydrogens is 533 g/mol. The Balaban J connectivity index is 1.83. The van der Waals surface area contributed by atoms with E-state index in [1.807, 2.05) is 0 Å². The van der Waals surface area contributed by atoms with Crippen molar-refractivity contribution >= 4 is 24.7 Å². The van der Waals surface area contributed by atoms with Crippen molar-refractivity contribution < 1.29 is 9.26 Å². The molecule has 0 bridgehead atoms. The van der Waals surface area contributed by atoms with E-state index in [0.717, 1.165) is 24.3 Å². The van der Waals surface area contributed by atoms with Crippen LogP contribution in [0.5, 0.6) is 0 Å². The van der Waals surface area contributed by atoms with Crippen LogP contribution in [0.1, 0.15) is 98.8 Å². The summed E-state index contributed by atoms with van der Waals surface area (Å²) in [6, 6.07) is 28.3. The summed E-state index contributed by atoms with van der Waals surface area (Å²) in [4.78, 5) is 5.40. The third kappa shape index (κ3) is 7.91. The normalized spacial score (nSPS) is 16.3. The van der Waals surface area contributed by atoms with Crippen molar-refractivity contribution in [2.24, 2.45) is 16.8 Å². The van der Waals surface area contributed by atoms with Gasteiger partial charge in [-0.3, -0.25) is 0 Å². The van der Waals surface area contributed by atoms with Crippen molar-refractivity contribution in [3.8, 4) is 0 Å². The van der Waals surface area contributed by atoms with Crippen LogP contribution in [0.15, 0.2) is 83.9 Å². The maximum absolute atomic E-state index is 7.53. The SMILES string of the molecule is CC(C)CC(CC(C)C)(OP(c1ccccc1)c1ccccc1)C1COC(c2cc(C(C)(C)C)cc(C(C)(C)C)c2)=N1. The van der Waals surface area contributed by atoms with Crippen molar-refractivity contribution in [1.82, 2.24) is 0 Å². The molecule has 0 amide bonds. The van der Waals surface area contributed by atoms with E-state index in [1.165, 1.54) is 21.7 Å². The van der Waals surface area contributed by atoms with Gasteiger partial charge in [0.2, 0.25) is 5.90 Å². The van der Waals surface area contributed by atoms with Gasteiger partial charge in [0.1, 0.15) is 12.6 Å². The maximum Gasteiger partial charge on any atom is 0.216 e. The summed E-state index contributed by atoms with van der Waals surface area (Å²) >= 11 is 0. The van der Waals surface area contributed by atoms with Crippen molar-refractivity contribution in [3.05, 3.63) is 95.6 Å². The maximum atomic E-state index is 7.53. The average molecular weight is 586 g/mol. The third-order valence-electron chi connectivity index (χ3n) is 7.93. The summed E-state index contributed by atoms with van der Waals surface area (Å²) in [6.07, 6.45) is 1.84. The van der Waals surface area contributed by atoms with Crippen molar-refractivity contribution in [3.63, 3.8) is 0 Å². The molecule has 4 heteroatoms. The molecule has 1 aliphatic heterocycles. The van der Waals surface area contributed by atoms with Gasteiger partial charge in [-0.1, -0.05) is 136 Å². The summed E-state index contributed by atoms with van der Waals surface area (Å²) in [5.41, 5.74) is 3.28. The quantitative estimate of drug-likeness (QED) is 0.222. The lowest BCUT2D eigenvalue weighted by Gasteiger charge is -2.42. The molecule has 3 aromatic rings. The fraction of sp³-hybridized carbons (Fsp3) is 0.500. The Hall–Kier alpha value is -2.48. The van der Waals surface area contributed by atoms with Gasteiger partial charge in [0.15, 0.2) is 0 Å². The first kappa shape index (κ1) is 32.4. The Bertz CT molecular complexity index is 1250. The molecule has 42 heavy (non-hydrogen) atoms. The van der Waals surface area contributed by atoms with Gasteiger partial charge >= 0.3 is 0 Å². The van der Waals surface area contributed by atoms with Gasteiger partial charge in [-0.2, -0.15) is 0 Å². The van der Waals surface area contributed by atoms with Gasteiger partial charge in [0.05, 0.1) is 13.7 Å². The van der Waals surface area contributed by atoms with Gasteiger partial charge in [-0.15, -0.1) is 0 Å². The minimum absolute atomic E-state index is 0.0257. The molecular formula is C38H52NO2P. The predicted molar refractivity (Wildman–Crippen MR) is 182 cm³/mol. The fourth-order valence-electron chi connectivity index (χ4n) is 5.85. The topological polar surface area (TPSA) is 30.8 Å². The number of hydrogen-bond acceptors (Lipinski definition) is 3. The van der Waals surface area contributed by atoms with E-state index in [0.29, 0.717) is 18.4 Å². The highest BCUT2D eigenvalue weighted by Crippen LogP contribution is 2.48. The molecule has 3 nitrogen and oxygen atoms in total. The molecule has 0 radical (unpaired) electrons. The second kappa shape index (κ2) is 13.0. The Morgan fingerprint density at radius 3 is 1.60 bits per heavy atom. The van der Waals surface area contributed by atoms with Gasteiger partial charge in [-0.05, 0) is 58.8 Å². The number of aliphatic imine (C=N–C) groups is 1. The second-order valence-corrected chi connectivity index (χ2v) is 16.7. The summed E-state index contributed by atoms with van der Waals surface area (Å²) < 4.78 is 14.1. The highest BCUT2D eigenvalue weighted by molar-refractivity contribution is 7.68. The van der Waals surface area contributed by atoms with Crippen LogP contribution >= 0.6 is 8.15 Å². The standard InChI is InChI=1S/C38H52NO2P/c1-27(2)24-38(25-28(3)4,41-42(32-17-13-11-14-18-32)33-19-15-12-16-20-33)34-26-40-35(39-34)29-21-30(36(5,6)7)23-31(22-29)37(8,9)10/h11-23,27-28,34H,24-26H2,1-10H3. The molecule has 4 rings (SSSR count). The molecule has 0 spiro atoms. The van der Waals surface area contributed by atoms with Crippen LogP contribution in [0.3, 0.4) is 0 Å². The molecule has 226 valence electrons. The summed E-state index contributed by atoms with van der Waals surface area (Å²) in [5.74, 6) is 1.65. The number of ether oxygens (including phenoxy) is 1. The number of nitrogens with zero attached hydrogens (tertiary/aromatic N) is 1. The molecule has 1 unspecified atom stereocenters. The molecule has 0 aliphatic carbocycles. The van der Waals surface area contributed by atoms with E-state index in [-0.39, 0.29) is 16.9 Å². The van der Waals surface area contributed by atoms with E-state index in [2.05, 4.69) is 148 Å². The third-order valence-corrected chi connectivity index (χ3v) is 10.0. The predicted octanol–water partition coefficient (Wildman–Crippen LogP) is 9.32. The molecule has 1 atom stereocenters. The summed E-state index contributed by atoms with van der Waals surface area (Å²) in [6.45, 7) is 23.4. The van der Waals surface area contributed by atoms with E-state index in [9.17, 15) is 0 Å². The molecule has 3 aromatic carbocycles. The number of hydrogen-bond donors (Lipinski definition) is 0. The first-order valence-corrected chi connectivity index (χ1v) is 16.9. The molecule has 0 aromatic heterocycles. The first-order valence-electron chi connectivity index (χ1n) is 15.6. The zero-order chi connectivity index (χ0) is 30.7. The average Bonchev–Trinajstić information content (AvgIpc) is 3.42. The van der Waals surface area contributed by atoms with Crippen molar-refractivity contribution in [2.45, 2.75) is 105 Å². The lowest BCUT2D eigenvalue weighted by molar-refractivity contribution is 0.00892. The smallest absolute Gasteiger partial charge is 0.216 e. The Kier molecular flexibility index (Phi) is 10.1. The Morgan fingerprint density at radius 1 is 0.738 bits per heavy atom. The van der Waals surface area contributed by atoms with E-state index >= 15 is 0 Å². The molecule has 1 aliphatic rings. The lowest BCUT2D eigenvalue weighted by Crippen LogP contribution is -2.47. The van der Waals surface area contributed by atoms with E-state index in [1.54, 1.807) is 0 Å². The van der Waals surface area contributed by atoms with E-state index in [4.69, 9.17) is 14.3 Å². The second-order valence-electron chi connectivity index (χ2n) is 14.9. The zero-order valence-electron chi connectivity index (χ0n) is 27.6. The van der Waals surface area contributed by atoms with Crippen LogP contribution < -0.4 is 10.6 Å². The van der Waals surface area contributed by atoms with Crippen LogP contribution in [0.25, 0.3) is 0 Å². The molecule has 0 saturated heterocycles. The van der Waals surface area contributed by atoms with Gasteiger partial charge in [0, 0.05) is 16.2 Å². The largest absolute Gasteiger partial charge is 0.475 e. The number of rotatable bonds is 10. The van der Waals surface area contributed by atoms with Crippen molar-refractivity contribution in [1.29, 1.82) is 0 Å². The Morgan fingerprint density at radius 2 is 1.19 bits per heavy atom. The zero-order valence-corrected chi connectivity index (χ0v) is 28.5. The first-order chi connectivity index (χ1) is 19.7. The highest BCUT2D eigenvalue weighted by Gasteiger charge is 2.46. The monoisotopic (exact) mass is 585 g/mol. The fourth-order valence-corrected chi connectivity index (χ4v) is 7.88. The van der Waals surface area contributed by atoms with Gasteiger partial charge < -0.3 is 9.26 Å². The minimum atomic E-state index is -1.05. The van der Waals surface area contributed by atoms with Crippen molar-refractivity contribution in [2.75, 3.05) is 6.61 Å². The van der Waals surface area contributed by atoms with Crippen LogP contribution in [-0.4, -0.2) is 24.1 Å².